The quantitative estimate of drug-likeness (QED) is 0.205. The molecule has 0 aliphatic rings. The van der Waals surface area contributed by atoms with Gasteiger partial charge in [0.2, 0.25) is 0 Å². The van der Waals surface area contributed by atoms with Crippen LogP contribution in [0.3, 0.4) is 0 Å². The zero-order valence-electron chi connectivity index (χ0n) is 20.1. The minimum absolute atomic E-state index is 0.153. The van der Waals surface area contributed by atoms with Crippen molar-refractivity contribution in [3.63, 3.8) is 0 Å². The van der Waals surface area contributed by atoms with E-state index in [0.29, 0.717) is 40.5 Å². The van der Waals surface area contributed by atoms with E-state index in [9.17, 15) is 9.90 Å². The van der Waals surface area contributed by atoms with Crippen LogP contribution in [0.2, 0.25) is 0 Å². The number of aromatic nitrogens is 3. The predicted molar refractivity (Wildman–Crippen MR) is 153 cm³/mol. The van der Waals surface area contributed by atoms with Crippen molar-refractivity contribution >= 4 is 49.8 Å². The highest BCUT2D eigenvalue weighted by molar-refractivity contribution is 9.10. The minimum atomic E-state index is -0.156. The van der Waals surface area contributed by atoms with Gasteiger partial charge in [-0.05, 0) is 62.6 Å². The lowest BCUT2D eigenvalue weighted by Gasteiger charge is -2.13. The first-order valence-corrected chi connectivity index (χ1v) is 12.8. The van der Waals surface area contributed by atoms with Crippen LogP contribution in [0, 0.1) is 0 Å². The Morgan fingerprint density at radius 3 is 2.61 bits per heavy atom. The number of anilines is 2. The molecule has 1 amide bonds. The number of para-hydroxylation sites is 1. The van der Waals surface area contributed by atoms with Gasteiger partial charge in [0.05, 0.1) is 16.4 Å². The molecule has 6 rings (SSSR count). The summed E-state index contributed by atoms with van der Waals surface area (Å²) in [5.74, 6) is 0.709. The van der Waals surface area contributed by atoms with Gasteiger partial charge in [-0.25, -0.2) is 4.98 Å². The molecule has 0 aliphatic carbocycles. The van der Waals surface area contributed by atoms with Crippen molar-refractivity contribution in [2.75, 3.05) is 10.6 Å². The fraction of sp³-hybridized carbons (Fsp3) is 0.0333. The summed E-state index contributed by atoms with van der Waals surface area (Å²) in [5, 5.41) is 23.2. The van der Waals surface area contributed by atoms with E-state index in [2.05, 4.69) is 36.6 Å². The number of carbonyl (C=O) groups excluding carboxylic acids is 1. The molecule has 0 spiro atoms. The number of hydrogen-bond donors (Lipinski definition) is 3. The summed E-state index contributed by atoms with van der Waals surface area (Å²) in [6, 6.07) is 30.2. The molecule has 0 saturated carbocycles. The number of benzene rings is 4. The van der Waals surface area contributed by atoms with Crippen LogP contribution in [-0.4, -0.2) is 25.6 Å². The second kappa shape index (κ2) is 9.99. The maximum atomic E-state index is 13.1. The highest BCUT2D eigenvalue weighted by Crippen LogP contribution is 2.31. The summed E-state index contributed by atoms with van der Waals surface area (Å²) in [4.78, 5) is 17.8. The number of hydrogen-bond acceptors (Lipinski definition) is 5. The van der Waals surface area contributed by atoms with Crippen molar-refractivity contribution in [2.45, 2.75) is 6.54 Å². The number of aromatic hydroxyl groups is 1. The van der Waals surface area contributed by atoms with Crippen LogP contribution in [0.25, 0.3) is 27.7 Å². The summed E-state index contributed by atoms with van der Waals surface area (Å²) in [7, 11) is 0. The molecule has 3 N–H and O–H groups in total. The molecule has 0 saturated heterocycles. The van der Waals surface area contributed by atoms with Crippen molar-refractivity contribution < 1.29 is 9.90 Å². The lowest BCUT2D eigenvalue weighted by molar-refractivity contribution is 0.102. The van der Waals surface area contributed by atoms with Crippen molar-refractivity contribution in [1.82, 2.24) is 14.6 Å². The fourth-order valence-corrected chi connectivity index (χ4v) is 4.81. The largest absolute Gasteiger partial charge is 0.507 e. The van der Waals surface area contributed by atoms with Gasteiger partial charge in [0, 0.05) is 29.4 Å². The lowest BCUT2D eigenvalue weighted by atomic mass is 10.0. The molecule has 0 atom stereocenters. The summed E-state index contributed by atoms with van der Waals surface area (Å²) < 4.78 is 2.45. The van der Waals surface area contributed by atoms with Gasteiger partial charge in [-0.15, -0.1) is 0 Å². The number of nitrogens with zero attached hydrogens (tertiary/aromatic N) is 3. The third-order valence-corrected chi connectivity index (χ3v) is 6.86. The van der Waals surface area contributed by atoms with Crippen LogP contribution >= 0.6 is 15.9 Å². The van der Waals surface area contributed by atoms with Gasteiger partial charge < -0.3 is 15.7 Å². The zero-order chi connectivity index (χ0) is 26.1. The molecule has 0 radical (unpaired) electrons. The minimum Gasteiger partial charge on any atom is -0.507 e. The Morgan fingerprint density at radius 2 is 1.71 bits per heavy atom. The molecule has 186 valence electrons. The van der Waals surface area contributed by atoms with Gasteiger partial charge in [0.25, 0.3) is 5.91 Å². The molecule has 8 heteroatoms. The van der Waals surface area contributed by atoms with E-state index < -0.39 is 0 Å². The van der Waals surface area contributed by atoms with Crippen molar-refractivity contribution in [3.05, 3.63) is 119 Å². The predicted octanol–water partition coefficient (Wildman–Crippen LogP) is 6.88. The number of phenols is 1. The maximum absolute atomic E-state index is 13.1. The highest BCUT2D eigenvalue weighted by atomic mass is 79.9. The average molecular weight is 564 g/mol. The van der Waals surface area contributed by atoms with E-state index in [0.717, 1.165) is 20.8 Å². The Morgan fingerprint density at radius 1 is 0.921 bits per heavy atom. The molecule has 4 aromatic carbocycles. The normalized spacial score (nSPS) is 11.1. The van der Waals surface area contributed by atoms with Gasteiger partial charge in [0.1, 0.15) is 11.6 Å². The number of phenolic OH excluding ortho intramolecular Hbond substituents is 1. The summed E-state index contributed by atoms with van der Waals surface area (Å²) >= 11 is 3.51. The second-order valence-electron chi connectivity index (χ2n) is 8.81. The van der Waals surface area contributed by atoms with Gasteiger partial charge in [0.15, 0.2) is 5.65 Å². The highest BCUT2D eigenvalue weighted by Gasteiger charge is 2.14. The Hall–Kier alpha value is -4.69. The number of nitrogens with one attached hydrogen (secondary N) is 2. The Balaban J connectivity index is 1.25. The first kappa shape index (κ1) is 23.7. The standard InChI is InChI=1S/C30H22BrN5O2/c31-25-18-33-36-28(16-26(35-29(25)36)24-12-3-4-14-27(24)37)32-17-19-7-5-10-21(15-19)34-30(38)23-13-6-9-20-8-1-2-11-22(20)23/h1-16,18,32,37H,17H2,(H,34,38). The fourth-order valence-electron chi connectivity index (χ4n) is 4.46. The van der Waals surface area contributed by atoms with Crippen molar-refractivity contribution in [3.8, 4) is 17.0 Å². The van der Waals surface area contributed by atoms with Gasteiger partial charge in [-0.2, -0.15) is 9.61 Å². The van der Waals surface area contributed by atoms with Crippen molar-refractivity contribution in [1.29, 1.82) is 0 Å². The van der Waals surface area contributed by atoms with Crippen molar-refractivity contribution in [2.24, 2.45) is 0 Å². The molecule has 2 aromatic heterocycles. The number of halogens is 1. The average Bonchev–Trinajstić information content (AvgIpc) is 3.32. The smallest absolute Gasteiger partial charge is 0.256 e. The van der Waals surface area contributed by atoms with E-state index in [1.807, 2.05) is 84.9 Å². The molecule has 0 fully saturated rings. The van der Waals surface area contributed by atoms with Crippen LogP contribution < -0.4 is 10.6 Å². The molecular formula is C30H22BrN5O2. The second-order valence-corrected chi connectivity index (χ2v) is 9.66. The SMILES string of the molecule is O=C(Nc1cccc(CNc2cc(-c3ccccc3O)nc3c(Br)cnn23)c1)c1cccc2ccccc12. The molecule has 38 heavy (non-hydrogen) atoms. The topological polar surface area (TPSA) is 91.5 Å². The van der Waals surface area contributed by atoms with Crippen LogP contribution in [-0.2, 0) is 6.54 Å². The molecule has 0 bridgehead atoms. The number of fused-ring (bicyclic) bond motifs is 2. The van der Waals surface area contributed by atoms with Crippen LogP contribution in [0.5, 0.6) is 5.75 Å². The van der Waals surface area contributed by atoms with Crippen LogP contribution in [0.15, 0.2) is 108 Å². The molecule has 2 heterocycles. The molecular weight excluding hydrogens is 542 g/mol. The maximum Gasteiger partial charge on any atom is 0.256 e. The lowest BCUT2D eigenvalue weighted by Crippen LogP contribution is -2.13. The van der Waals surface area contributed by atoms with Gasteiger partial charge in [-0.3, -0.25) is 4.79 Å². The number of carbonyl (C=O) groups is 1. The first-order valence-electron chi connectivity index (χ1n) is 12.0. The number of amides is 1. The van der Waals surface area contributed by atoms with Gasteiger partial charge in [-0.1, -0.05) is 60.7 Å². The molecule has 0 unspecified atom stereocenters. The third kappa shape index (κ3) is 4.57. The van der Waals surface area contributed by atoms with E-state index in [1.54, 1.807) is 22.8 Å². The third-order valence-electron chi connectivity index (χ3n) is 6.30. The monoisotopic (exact) mass is 563 g/mol. The first-order chi connectivity index (χ1) is 18.6. The van der Waals surface area contributed by atoms with Crippen LogP contribution in [0.4, 0.5) is 11.5 Å². The van der Waals surface area contributed by atoms with Crippen LogP contribution in [0.1, 0.15) is 15.9 Å². The molecule has 6 aromatic rings. The zero-order valence-corrected chi connectivity index (χ0v) is 21.7. The van der Waals surface area contributed by atoms with E-state index in [-0.39, 0.29) is 11.7 Å². The summed E-state index contributed by atoms with van der Waals surface area (Å²) in [5.41, 5.74) is 4.19. The Bertz CT molecular complexity index is 1810. The van der Waals surface area contributed by atoms with E-state index in [1.165, 1.54) is 0 Å². The van der Waals surface area contributed by atoms with Gasteiger partial charge >= 0.3 is 0 Å². The summed E-state index contributed by atoms with van der Waals surface area (Å²) in [6.07, 6.45) is 1.69. The van der Waals surface area contributed by atoms with E-state index in [4.69, 9.17) is 0 Å². The molecule has 0 aliphatic heterocycles. The Kier molecular flexibility index (Phi) is 6.23. The number of rotatable bonds is 6. The van der Waals surface area contributed by atoms with E-state index >= 15 is 0 Å². The Labute approximate surface area is 226 Å². The molecule has 7 nitrogen and oxygen atoms in total. The summed E-state index contributed by atoms with van der Waals surface area (Å²) in [6.45, 7) is 0.481.